The lowest BCUT2D eigenvalue weighted by molar-refractivity contribution is -0.118. The number of carboxylic acid groups (broad SMARTS) is 1. The molecule has 0 bridgehead atoms. The Morgan fingerprint density at radius 2 is 2.30 bits per heavy atom. The smallest absolute Gasteiger partial charge is 0.356 e. The maximum Gasteiger partial charge on any atom is 0.356 e. The third-order valence-electron chi connectivity index (χ3n) is 3.02. The van der Waals surface area contributed by atoms with Crippen LogP contribution in [-0.2, 0) is 11.8 Å². The van der Waals surface area contributed by atoms with E-state index in [0.29, 0.717) is 22.7 Å². The summed E-state index contributed by atoms with van der Waals surface area (Å²) >= 11 is 0. The fourth-order valence-electron chi connectivity index (χ4n) is 2.14. The summed E-state index contributed by atoms with van der Waals surface area (Å²) in [6.45, 7) is -0.0256. The van der Waals surface area contributed by atoms with Crippen LogP contribution in [0.5, 0.6) is 5.75 Å². The molecule has 2 heterocycles. The van der Waals surface area contributed by atoms with Crippen molar-refractivity contribution in [2.75, 3.05) is 11.9 Å². The minimum Gasteiger partial charge on any atom is -0.482 e. The van der Waals surface area contributed by atoms with Crippen molar-refractivity contribution in [1.29, 1.82) is 0 Å². The van der Waals surface area contributed by atoms with Gasteiger partial charge in [-0.3, -0.25) is 9.48 Å². The van der Waals surface area contributed by atoms with Gasteiger partial charge in [0.1, 0.15) is 5.75 Å². The molecule has 2 N–H and O–H groups in total. The summed E-state index contributed by atoms with van der Waals surface area (Å²) in [4.78, 5) is 22.4. The number of nitrogens with one attached hydrogen (secondary N) is 1. The Balaban J connectivity index is 2.15. The van der Waals surface area contributed by atoms with Gasteiger partial charge in [-0.25, -0.2) is 4.79 Å². The first-order valence-electron chi connectivity index (χ1n) is 5.89. The van der Waals surface area contributed by atoms with Gasteiger partial charge in [0.15, 0.2) is 12.3 Å². The van der Waals surface area contributed by atoms with Gasteiger partial charge in [-0.15, -0.1) is 0 Å². The van der Waals surface area contributed by atoms with Crippen molar-refractivity contribution < 1.29 is 19.4 Å². The minimum absolute atomic E-state index is 0.0256. The predicted molar refractivity (Wildman–Crippen MR) is 69.7 cm³/mol. The van der Waals surface area contributed by atoms with E-state index in [4.69, 9.17) is 9.84 Å². The molecular formula is C13H11N3O4. The lowest BCUT2D eigenvalue weighted by Gasteiger charge is -2.20. The van der Waals surface area contributed by atoms with Crippen molar-refractivity contribution in [3.63, 3.8) is 0 Å². The molecular weight excluding hydrogens is 262 g/mol. The lowest BCUT2D eigenvalue weighted by atomic mass is 10.1. The Bertz CT molecular complexity index is 720. The van der Waals surface area contributed by atoms with Crippen LogP contribution in [0.3, 0.4) is 0 Å². The van der Waals surface area contributed by atoms with Crippen molar-refractivity contribution in [2.45, 2.75) is 0 Å². The van der Waals surface area contributed by atoms with E-state index in [1.165, 1.54) is 10.7 Å². The first-order valence-corrected chi connectivity index (χ1v) is 5.89. The van der Waals surface area contributed by atoms with E-state index < -0.39 is 5.97 Å². The number of aromatic carboxylic acids is 1. The quantitative estimate of drug-likeness (QED) is 0.855. The van der Waals surface area contributed by atoms with E-state index in [9.17, 15) is 9.59 Å². The number of nitrogens with zero attached hydrogens (tertiary/aromatic N) is 2. The second-order valence-electron chi connectivity index (χ2n) is 4.36. The van der Waals surface area contributed by atoms with Gasteiger partial charge in [0.2, 0.25) is 0 Å². The Kier molecular flexibility index (Phi) is 2.67. The molecule has 0 saturated heterocycles. The Morgan fingerprint density at radius 1 is 1.50 bits per heavy atom. The van der Waals surface area contributed by atoms with Gasteiger partial charge in [-0.1, -0.05) is 12.1 Å². The van der Waals surface area contributed by atoms with E-state index >= 15 is 0 Å². The van der Waals surface area contributed by atoms with Crippen molar-refractivity contribution in [3.05, 3.63) is 30.0 Å². The van der Waals surface area contributed by atoms with Gasteiger partial charge in [0, 0.05) is 12.6 Å². The van der Waals surface area contributed by atoms with Gasteiger partial charge in [0.25, 0.3) is 5.91 Å². The summed E-state index contributed by atoms with van der Waals surface area (Å²) in [5, 5.41) is 15.6. The molecule has 1 aliphatic heterocycles. The second-order valence-corrected chi connectivity index (χ2v) is 4.36. The number of hydrogen-bond acceptors (Lipinski definition) is 4. The largest absolute Gasteiger partial charge is 0.482 e. The number of fused-ring (bicyclic) bond motifs is 1. The van der Waals surface area contributed by atoms with Gasteiger partial charge < -0.3 is 15.2 Å². The molecule has 1 amide bonds. The number of ether oxygens (including phenoxy) is 1. The van der Waals surface area contributed by atoms with E-state index in [1.807, 2.05) is 0 Å². The number of anilines is 1. The SMILES string of the molecule is Cn1nc(C(=O)O)cc1-c1cccc2c1NC(=O)CO2. The van der Waals surface area contributed by atoms with Crippen LogP contribution in [0.1, 0.15) is 10.5 Å². The van der Waals surface area contributed by atoms with E-state index in [2.05, 4.69) is 10.4 Å². The summed E-state index contributed by atoms with van der Waals surface area (Å²) in [5.74, 6) is -0.789. The minimum atomic E-state index is -1.10. The second kappa shape index (κ2) is 4.37. The summed E-state index contributed by atoms with van der Waals surface area (Å²) in [5.41, 5.74) is 1.73. The van der Waals surface area contributed by atoms with E-state index in [0.717, 1.165) is 0 Å². The Morgan fingerprint density at radius 3 is 3.00 bits per heavy atom. The predicted octanol–water partition coefficient (Wildman–Crippen LogP) is 1.12. The average molecular weight is 273 g/mol. The molecule has 0 aliphatic carbocycles. The molecule has 102 valence electrons. The number of rotatable bonds is 2. The lowest BCUT2D eigenvalue weighted by Crippen LogP contribution is -2.25. The molecule has 1 aromatic carbocycles. The van der Waals surface area contributed by atoms with Crippen LogP contribution in [0.15, 0.2) is 24.3 Å². The molecule has 0 radical (unpaired) electrons. The van der Waals surface area contributed by atoms with Crippen LogP contribution in [0, 0.1) is 0 Å². The van der Waals surface area contributed by atoms with Crippen molar-refractivity contribution in [2.24, 2.45) is 7.05 Å². The van der Waals surface area contributed by atoms with Crippen molar-refractivity contribution >= 4 is 17.6 Å². The monoisotopic (exact) mass is 273 g/mol. The van der Waals surface area contributed by atoms with Gasteiger partial charge >= 0.3 is 5.97 Å². The zero-order chi connectivity index (χ0) is 14.3. The molecule has 0 spiro atoms. The van der Waals surface area contributed by atoms with Gasteiger partial charge in [-0.2, -0.15) is 5.10 Å². The van der Waals surface area contributed by atoms with Gasteiger partial charge in [-0.05, 0) is 12.1 Å². The van der Waals surface area contributed by atoms with Crippen LogP contribution in [0.2, 0.25) is 0 Å². The summed E-state index contributed by atoms with van der Waals surface area (Å²) in [6, 6.07) is 6.75. The maximum absolute atomic E-state index is 11.5. The number of carbonyl (C=O) groups is 2. The highest BCUT2D eigenvalue weighted by Crippen LogP contribution is 2.37. The maximum atomic E-state index is 11.5. The number of carbonyl (C=O) groups excluding carboxylic acids is 1. The molecule has 7 nitrogen and oxygen atoms in total. The molecule has 7 heteroatoms. The summed E-state index contributed by atoms with van der Waals surface area (Å²) < 4.78 is 6.79. The molecule has 0 atom stereocenters. The molecule has 0 fully saturated rings. The number of amides is 1. The first-order chi connectivity index (χ1) is 9.56. The van der Waals surface area contributed by atoms with Crippen LogP contribution < -0.4 is 10.1 Å². The number of para-hydroxylation sites is 1. The number of carboxylic acids is 1. The van der Waals surface area contributed by atoms with Crippen LogP contribution >= 0.6 is 0 Å². The third-order valence-corrected chi connectivity index (χ3v) is 3.02. The fourth-order valence-corrected chi connectivity index (χ4v) is 2.14. The van der Waals surface area contributed by atoms with Crippen molar-refractivity contribution in [3.8, 4) is 17.0 Å². The highest BCUT2D eigenvalue weighted by molar-refractivity contribution is 6.00. The Labute approximate surface area is 113 Å². The molecule has 0 saturated carbocycles. The molecule has 1 aliphatic rings. The summed E-state index contributed by atoms with van der Waals surface area (Å²) in [6.07, 6.45) is 0. The molecule has 3 rings (SSSR count). The standard InChI is InChI=1S/C13H11N3O4/c1-16-9(5-8(15-16)13(18)19)7-3-2-4-10-12(7)14-11(17)6-20-10/h2-5H,6H2,1H3,(H,14,17)(H,18,19). The number of aromatic nitrogens is 2. The van der Waals surface area contributed by atoms with Crippen LogP contribution in [0.25, 0.3) is 11.3 Å². The molecule has 0 unspecified atom stereocenters. The number of benzene rings is 1. The zero-order valence-corrected chi connectivity index (χ0v) is 10.6. The third kappa shape index (κ3) is 1.89. The topological polar surface area (TPSA) is 93.5 Å². The van der Waals surface area contributed by atoms with Crippen molar-refractivity contribution in [1.82, 2.24) is 9.78 Å². The van der Waals surface area contributed by atoms with Crippen LogP contribution in [-0.4, -0.2) is 33.4 Å². The first kappa shape index (κ1) is 12.2. The fraction of sp³-hybridized carbons (Fsp3) is 0.154. The normalized spacial score (nSPS) is 13.3. The molecule has 1 aromatic heterocycles. The molecule has 20 heavy (non-hydrogen) atoms. The van der Waals surface area contributed by atoms with Gasteiger partial charge in [0.05, 0.1) is 11.4 Å². The summed E-state index contributed by atoms with van der Waals surface area (Å²) in [7, 11) is 1.65. The zero-order valence-electron chi connectivity index (χ0n) is 10.6. The number of aryl methyl sites for hydroxylation is 1. The van der Waals surface area contributed by atoms with E-state index in [-0.39, 0.29) is 18.2 Å². The van der Waals surface area contributed by atoms with E-state index in [1.54, 1.807) is 25.2 Å². The highest BCUT2D eigenvalue weighted by atomic mass is 16.5. The molecule has 2 aromatic rings. The number of hydrogen-bond donors (Lipinski definition) is 2. The van der Waals surface area contributed by atoms with Crippen LogP contribution in [0.4, 0.5) is 5.69 Å². The average Bonchev–Trinajstić information content (AvgIpc) is 2.80. The highest BCUT2D eigenvalue weighted by Gasteiger charge is 2.22. The Hall–Kier alpha value is -2.83.